The molecule has 0 unspecified atom stereocenters. The van der Waals surface area contributed by atoms with Gasteiger partial charge in [-0.15, -0.1) is 0 Å². The van der Waals surface area contributed by atoms with E-state index >= 15 is 0 Å². The van der Waals surface area contributed by atoms with Crippen LogP contribution < -0.4 is 11.1 Å². The van der Waals surface area contributed by atoms with Gasteiger partial charge in [0.15, 0.2) is 0 Å². The van der Waals surface area contributed by atoms with Crippen molar-refractivity contribution in [2.45, 2.75) is 12.3 Å². The molecule has 1 aromatic rings. The Morgan fingerprint density at radius 2 is 2.07 bits per heavy atom. The van der Waals surface area contributed by atoms with E-state index in [0.29, 0.717) is 0 Å². The minimum absolute atomic E-state index is 0.176. The lowest BCUT2D eigenvalue weighted by Gasteiger charge is -2.16. The minimum Gasteiger partial charge on any atom is -0.397 e. The first-order valence-corrected chi connectivity index (χ1v) is 4.02. The lowest BCUT2D eigenvalue weighted by molar-refractivity contribution is -0.117. The van der Waals surface area contributed by atoms with Crippen molar-refractivity contribution in [2.24, 2.45) is 0 Å². The predicted octanol–water partition coefficient (Wildman–Crippen LogP) is 1.98. The predicted molar refractivity (Wildman–Crippen MR) is 48.1 cm³/mol. The van der Waals surface area contributed by atoms with Crippen molar-refractivity contribution in [3.63, 3.8) is 0 Å². The molecule has 84 valence electrons. The Hall–Kier alpha value is -1.53. The molecule has 0 radical (unpaired) electrons. The summed E-state index contributed by atoms with van der Waals surface area (Å²) in [6.45, 7) is -1.16. The van der Waals surface area contributed by atoms with Crippen molar-refractivity contribution in [1.29, 1.82) is 0 Å². The van der Waals surface area contributed by atoms with Crippen molar-refractivity contribution >= 4 is 11.4 Å². The Balaban J connectivity index is 2.57. The lowest BCUT2D eigenvalue weighted by atomic mass is 10.3. The van der Waals surface area contributed by atoms with Crippen LogP contribution in [-0.2, 0) is 0 Å². The molecule has 0 atom stereocenters. The molecular weight excluding hydrogens is 214 g/mol. The van der Waals surface area contributed by atoms with Crippen LogP contribution in [0.1, 0.15) is 0 Å². The fraction of sp³-hybridized carbons (Fsp3) is 0.375. The molecule has 0 bridgehead atoms. The van der Waals surface area contributed by atoms with Crippen LogP contribution in [-0.4, -0.2) is 23.9 Å². The largest absolute Gasteiger partial charge is 0.397 e. The van der Waals surface area contributed by atoms with Crippen LogP contribution in [0.4, 0.5) is 28.9 Å². The van der Waals surface area contributed by atoms with Crippen molar-refractivity contribution < 1.29 is 17.6 Å². The summed E-state index contributed by atoms with van der Waals surface area (Å²) in [7, 11) is 0. The van der Waals surface area contributed by atoms with Gasteiger partial charge in [-0.3, -0.25) is 4.98 Å². The number of hydrogen-bond acceptors (Lipinski definition) is 3. The van der Waals surface area contributed by atoms with E-state index in [1.54, 1.807) is 0 Å². The molecule has 0 aliphatic carbocycles. The van der Waals surface area contributed by atoms with Gasteiger partial charge in [0.1, 0.15) is 0 Å². The molecule has 3 N–H and O–H groups in total. The van der Waals surface area contributed by atoms with E-state index in [4.69, 9.17) is 5.73 Å². The SMILES string of the molecule is Nc1cncc(NCC(F)(F)C(F)F)c1. The highest BCUT2D eigenvalue weighted by Crippen LogP contribution is 2.23. The van der Waals surface area contributed by atoms with Crippen molar-refractivity contribution in [1.82, 2.24) is 4.98 Å². The molecule has 0 spiro atoms. The smallest absolute Gasteiger partial charge is 0.324 e. The van der Waals surface area contributed by atoms with E-state index in [1.807, 2.05) is 0 Å². The number of hydrogen-bond donors (Lipinski definition) is 2. The zero-order valence-electron chi connectivity index (χ0n) is 7.55. The van der Waals surface area contributed by atoms with Gasteiger partial charge in [0.2, 0.25) is 0 Å². The van der Waals surface area contributed by atoms with Gasteiger partial charge >= 0.3 is 12.3 Å². The highest BCUT2D eigenvalue weighted by atomic mass is 19.3. The third kappa shape index (κ3) is 3.26. The Morgan fingerprint density at radius 1 is 1.40 bits per heavy atom. The van der Waals surface area contributed by atoms with Crippen LogP contribution in [0.25, 0.3) is 0 Å². The number of halogens is 4. The summed E-state index contributed by atoms with van der Waals surface area (Å²) in [5, 5.41) is 2.13. The molecule has 7 heteroatoms. The first-order chi connectivity index (χ1) is 6.92. The monoisotopic (exact) mass is 223 g/mol. The Labute approximate surface area is 83.3 Å². The molecule has 1 aromatic heterocycles. The summed E-state index contributed by atoms with van der Waals surface area (Å²) < 4.78 is 48.5. The standard InChI is InChI=1S/C8H9F4N3/c9-7(10)8(11,12)4-15-6-1-5(13)2-14-3-6/h1-3,7,15H,4,13H2. The van der Waals surface area contributed by atoms with Gasteiger partial charge in [-0.2, -0.15) is 8.78 Å². The van der Waals surface area contributed by atoms with Crippen LogP contribution in [0.15, 0.2) is 18.5 Å². The van der Waals surface area contributed by atoms with Gasteiger partial charge in [-0.25, -0.2) is 8.78 Å². The zero-order chi connectivity index (χ0) is 11.5. The Bertz CT molecular complexity index is 329. The average Bonchev–Trinajstić information content (AvgIpc) is 2.15. The summed E-state index contributed by atoms with van der Waals surface area (Å²) in [4.78, 5) is 3.61. The van der Waals surface area contributed by atoms with Crippen LogP contribution in [0.2, 0.25) is 0 Å². The molecule has 15 heavy (non-hydrogen) atoms. The van der Waals surface area contributed by atoms with Crippen LogP contribution in [0.3, 0.4) is 0 Å². The highest BCUT2D eigenvalue weighted by molar-refractivity contribution is 5.51. The van der Waals surface area contributed by atoms with E-state index < -0.39 is 18.9 Å². The highest BCUT2D eigenvalue weighted by Gasteiger charge is 2.40. The molecule has 3 nitrogen and oxygen atoms in total. The van der Waals surface area contributed by atoms with Crippen LogP contribution >= 0.6 is 0 Å². The number of rotatable bonds is 4. The van der Waals surface area contributed by atoms with Crippen LogP contribution in [0, 0.1) is 0 Å². The average molecular weight is 223 g/mol. The molecule has 0 amide bonds. The van der Waals surface area contributed by atoms with Crippen molar-refractivity contribution in [2.75, 3.05) is 17.6 Å². The minimum atomic E-state index is -4.06. The first-order valence-electron chi connectivity index (χ1n) is 4.02. The number of alkyl halides is 4. The van der Waals surface area contributed by atoms with E-state index in [1.165, 1.54) is 18.5 Å². The number of nitrogens with zero attached hydrogens (tertiary/aromatic N) is 1. The quantitative estimate of drug-likeness (QED) is 0.767. The normalized spacial score (nSPS) is 11.8. The van der Waals surface area contributed by atoms with E-state index in [2.05, 4.69) is 10.3 Å². The first kappa shape index (κ1) is 11.5. The Morgan fingerprint density at radius 3 is 2.60 bits per heavy atom. The van der Waals surface area contributed by atoms with E-state index in [0.717, 1.165) is 0 Å². The fourth-order valence-corrected chi connectivity index (χ4v) is 0.851. The molecule has 0 aliphatic heterocycles. The summed E-state index contributed by atoms with van der Waals surface area (Å²) in [6.07, 6.45) is -1.16. The number of nitrogens with one attached hydrogen (secondary N) is 1. The molecule has 0 saturated heterocycles. The van der Waals surface area contributed by atoms with Crippen molar-refractivity contribution in [3.8, 4) is 0 Å². The molecule has 0 saturated carbocycles. The molecule has 1 heterocycles. The summed E-state index contributed by atoms with van der Waals surface area (Å²) in [5.41, 5.74) is 5.76. The van der Waals surface area contributed by atoms with Gasteiger partial charge in [0.05, 0.1) is 24.1 Å². The topological polar surface area (TPSA) is 50.9 Å². The van der Waals surface area contributed by atoms with E-state index in [9.17, 15) is 17.6 Å². The number of nitrogen functional groups attached to an aromatic ring is 1. The van der Waals surface area contributed by atoms with Gasteiger partial charge in [-0.05, 0) is 6.07 Å². The number of aromatic nitrogens is 1. The summed E-state index contributed by atoms with van der Waals surface area (Å²) in [5.74, 6) is -4.06. The van der Waals surface area contributed by atoms with Gasteiger partial charge < -0.3 is 11.1 Å². The molecular formula is C8H9F4N3. The second kappa shape index (κ2) is 4.33. The maximum absolute atomic E-state index is 12.5. The van der Waals surface area contributed by atoms with Crippen LogP contribution in [0.5, 0.6) is 0 Å². The third-order valence-corrected chi connectivity index (χ3v) is 1.61. The third-order valence-electron chi connectivity index (χ3n) is 1.61. The zero-order valence-corrected chi connectivity index (χ0v) is 7.55. The summed E-state index contributed by atoms with van der Waals surface area (Å²) >= 11 is 0. The molecule has 0 aliphatic rings. The van der Waals surface area contributed by atoms with Crippen molar-refractivity contribution in [3.05, 3.63) is 18.5 Å². The molecule has 0 aromatic carbocycles. The maximum Gasteiger partial charge on any atom is 0.324 e. The number of anilines is 2. The molecule has 0 fully saturated rings. The maximum atomic E-state index is 12.5. The fourth-order valence-electron chi connectivity index (χ4n) is 0.851. The van der Waals surface area contributed by atoms with Gasteiger partial charge in [0.25, 0.3) is 0 Å². The number of nitrogens with two attached hydrogens (primary N) is 1. The van der Waals surface area contributed by atoms with E-state index in [-0.39, 0.29) is 11.4 Å². The number of pyridine rings is 1. The van der Waals surface area contributed by atoms with Gasteiger partial charge in [-0.1, -0.05) is 0 Å². The second-order valence-electron chi connectivity index (χ2n) is 2.92. The van der Waals surface area contributed by atoms with Gasteiger partial charge in [0, 0.05) is 6.20 Å². The summed E-state index contributed by atoms with van der Waals surface area (Å²) in [6, 6.07) is 1.33. The Kier molecular flexibility index (Phi) is 3.33. The second-order valence-corrected chi connectivity index (χ2v) is 2.92. The lowest BCUT2D eigenvalue weighted by Crippen LogP contribution is -2.34. The molecule has 1 rings (SSSR count).